The monoisotopic (exact) mass is 328 g/mol. The third-order valence-electron chi connectivity index (χ3n) is 4.14. The van der Waals surface area contributed by atoms with Gasteiger partial charge < -0.3 is 15.7 Å². The zero-order valence-electron chi connectivity index (χ0n) is 15.4. The summed E-state index contributed by atoms with van der Waals surface area (Å²) >= 11 is 0. The Kier molecular flexibility index (Phi) is 18.9. The zero-order chi connectivity index (χ0) is 17.0. The van der Waals surface area contributed by atoms with E-state index in [1.165, 1.54) is 57.8 Å². The van der Waals surface area contributed by atoms with Crippen LogP contribution in [0, 0.1) is 0 Å². The van der Waals surface area contributed by atoms with E-state index in [2.05, 4.69) is 17.6 Å². The molecule has 0 bridgehead atoms. The molecule has 0 rings (SSSR count). The van der Waals surface area contributed by atoms with Crippen molar-refractivity contribution in [3.63, 3.8) is 0 Å². The van der Waals surface area contributed by atoms with Crippen molar-refractivity contribution in [2.24, 2.45) is 0 Å². The van der Waals surface area contributed by atoms with Crippen LogP contribution in [0.2, 0.25) is 0 Å². The highest BCUT2D eigenvalue weighted by Crippen LogP contribution is 2.06. The lowest BCUT2D eigenvalue weighted by Crippen LogP contribution is -2.32. The summed E-state index contributed by atoms with van der Waals surface area (Å²) in [5.74, 6) is 0.200. The summed E-state index contributed by atoms with van der Waals surface area (Å²) in [4.78, 5) is 11.6. The SMILES string of the molecule is CCCCCCCC(=O)NCCNCCCCCCCCCO. The number of unbranched alkanes of at least 4 members (excludes halogenated alkanes) is 10. The number of aliphatic hydroxyl groups excluding tert-OH is 1. The van der Waals surface area contributed by atoms with Gasteiger partial charge in [-0.1, -0.05) is 64.7 Å². The molecule has 1 amide bonds. The molecule has 0 saturated carbocycles. The Hall–Kier alpha value is -0.610. The van der Waals surface area contributed by atoms with Crippen LogP contribution in [0.3, 0.4) is 0 Å². The van der Waals surface area contributed by atoms with Crippen molar-refractivity contribution < 1.29 is 9.90 Å². The first-order valence-electron chi connectivity index (χ1n) is 9.89. The minimum atomic E-state index is 0.200. The fourth-order valence-electron chi connectivity index (χ4n) is 2.64. The first-order valence-corrected chi connectivity index (χ1v) is 9.89. The Morgan fingerprint density at radius 3 is 2.04 bits per heavy atom. The quantitative estimate of drug-likeness (QED) is 0.336. The normalized spacial score (nSPS) is 10.9. The molecule has 0 heterocycles. The van der Waals surface area contributed by atoms with E-state index in [-0.39, 0.29) is 5.91 Å². The van der Waals surface area contributed by atoms with Gasteiger partial charge in [-0.2, -0.15) is 0 Å². The van der Waals surface area contributed by atoms with Gasteiger partial charge in [0.25, 0.3) is 0 Å². The van der Waals surface area contributed by atoms with Crippen LogP contribution in [-0.4, -0.2) is 37.3 Å². The highest BCUT2D eigenvalue weighted by molar-refractivity contribution is 5.75. The largest absolute Gasteiger partial charge is 0.396 e. The lowest BCUT2D eigenvalue weighted by molar-refractivity contribution is -0.121. The fraction of sp³-hybridized carbons (Fsp3) is 0.947. The molecule has 23 heavy (non-hydrogen) atoms. The number of aliphatic hydroxyl groups is 1. The van der Waals surface area contributed by atoms with Crippen LogP contribution in [0.1, 0.15) is 90.4 Å². The fourth-order valence-corrected chi connectivity index (χ4v) is 2.64. The van der Waals surface area contributed by atoms with Gasteiger partial charge >= 0.3 is 0 Å². The zero-order valence-corrected chi connectivity index (χ0v) is 15.4. The van der Waals surface area contributed by atoms with Gasteiger partial charge in [0, 0.05) is 26.1 Å². The summed E-state index contributed by atoms with van der Waals surface area (Å²) in [5, 5.41) is 15.1. The van der Waals surface area contributed by atoms with Crippen LogP contribution in [0.5, 0.6) is 0 Å². The summed E-state index contributed by atoms with van der Waals surface area (Å²) in [6.07, 6.45) is 15.1. The van der Waals surface area contributed by atoms with Crippen molar-refractivity contribution in [3.05, 3.63) is 0 Å². The van der Waals surface area contributed by atoms with E-state index in [0.717, 1.165) is 38.9 Å². The number of carbonyl (C=O) groups excluding carboxylic acids is 1. The van der Waals surface area contributed by atoms with Crippen molar-refractivity contribution in [2.75, 3.05) is 26.2 Å². The van der Waals surface area contributed by atoms with Crippen molar-refractivity contribution in [1.82, 2.24) is 10.6 Å². The minimum Gasteiger partial charge on any atom is -0.396 e. The van der Waals surface area contributed by atoms with Crippen molar-refractivity contribution in [1.29, 1.82) is 0 Å². The Bertz CT molecular complexity index is 248. The molecule has 138 valence electrons. The Balaban J connectivity index is 3.10. The molecular formula is C19H40N2O2. The van der Waals surface area contributed by atoms with Gasteiger partial charge in [-0.15, -0.1) is 0 Å². The predicted octanol–water partition coefficient (Wildman–Crippen LogP) is 3.78. The van der Waals surface area contributed by atoms with E-state index < -0.39 is 0 Å². The maximum absolute atomic E-state index is 11.6. The van der Waals surface area contributed by atoms with Crippen LogP contribution in [0.4, 0.5) is 0 Å². The summed E-state index contributed by atoms with van der Waals surface area (Å²) in [6.45, 7) is 5.20. The Morgan fingerprint density at radius 2 is 1.35 bits per heavy atom. The van der Waals surface area contributed by atoms with E-state index in [0.29, 0.717) is 13.0 Å². The lowest BCUT2D eigenvalue weighted by Gasteiger charge is -2.07. The highest BCUT2D eigenvalue weighted by atomic mass is 16.2. The number of rotatable bonds is 18. The van der Waals surface area contributed by atoms with Crippen molar-refractivity contribution in [2.45, 2.75) is 90.4 Å². The second kappa shape index (κ2) is 19.4. The molecule has 0 aliphatic rings. The maximum atomic E-state index is 11.6. The number of hydrogen-bond acceptors (Lipinski definition) is 3. The molecule has 3 N–H and O–H groups in total. The molecule has 0 atom stereocenters. The molecule has 0 aliphatic heterocycles. The Labute approximate surface area is 143 Å². The summed E-state index contributed by atoms with van der Waals surface area (Å²) < 4.78 is 0. The van der Waals surface area contributed by atoms with E-state index in [1.807, 2.05) is 0 Å². The van der Waals surface area contributed by atoms with E-state index in [1.54, 1.807) is 0 Å². The van der Waals surface area contributed by atoms with Gasteiger partial charge in [-0.05, 0) is 25.8 Å². The number of hydrogen-bond donors (Lipinski definition) is 3. The molecule has 0 aromatic carbocycles. The van der Waals surface area contributed by atoms with Gasteiger partial charge in [0.2, 0.25) is 5.91 Å². The van der Waals surface area contributed by atoms with Crippen LogP contribution >= 0.6 is 0 Å². The molecule has 0 radical (unpaired) electrons. The smallest absolute Gasteiger partial charge is 0.220 e. The summed E-state index contributed by atoms with van der Waals surface area (Å²) in [7, 11) is 0. The standard InChI is InChI=1S/C19H40N2O2/c1-2-3-4-8-11-14-19(23)21-17-16-20-15-12-9-6-5-7-10-13-18-22/h20,22H,2-18H2,1H3,(H,21,23). The van der Waals surface area contributed by atoms with E-state index in [4.69, 9.17) is 5.11 Å². The third-order valence-corrected chi connectivity index (χ3v) is 4.14. The molecule has 0 saturated heterocycles. The average molecular weight is 329 g/mol. The molecule has 0 unspecified atom stereocenters. The molecular weight excluding hydrogens is 288 g/mol. The topological polar surface area (TPSA) is 61.4 Å². The first-order chi connectivity index (χ1) is 11.3. The molecule has 0 spiro atoms. The van der Waals surface area contributed by atoms with Gasteiger partial charge in [-0.3, -0.25) is 4.79 Å². The molecule has 0 aromatic heterocycles. The number of carbonyl (C=O) groups is 1. The van der Waals surface area contributed by atoms with Gasteiger partial charge in [0.15, 0.2) is 0 Å². The van der Waals surface area contributed by atoms with E-state index >= 15 is 0 Å². The third kappa shape index (κ3) is 19.3. The van der Waals surface area contributed by atoms with Crippen molar-refractivity contribution >= 4 is 5.91 Å². The van der Waals surface area contributed by atoms with Crippen LogP contribution in [-0.2, 0) is 4.79 Å². The van der Waals surface area contributed by atoms with Gasteiger partial charge in [0.05, 0.1) is 0 Å². The molecule has 0 aliphatic carbocycles. The second-order valence-electron chi connectivity index (χ2n) is 6.46. The summed E-state index contributed by atoms with van der Waals surface area (Å²) in [6, 6.07) is 0. The van der Waals surface area contributed by atoms with Gasteiger partial charge in [0.1, 0.15) is 0 Å². The van der Waals surface area contributed by atoms with Crippen molar-refractivity contribution in [3.8, 4) is 0 Å². The molecule has 4 heteroatoms. The van der Waals surface area contributed by atoms with Gasteiger partial charge in [-0.25, -0.2) is 0 Å². The Morgan fingerprint density at radius 1 is 0.739 bits per heavy atom. The molecule has 4 nitrogen and oxygen atoms in total. The molecule has 0 aromatic rings. The minimum absolute atomic E-state index is 0.200. The number of nitrogens with one attached hydrogen (secondary N) is 2. The van der Waals surface area contributed by atoms with Crippen LogP contribution < -0.4 is 10.6 Å². The average Bonchev–Trinajstić information content (AvgIpc) is 2.55. The van der Waals surface area contributed by atoms with E-state index in [9.17, 15) is 4.79 Å². The number of amides is 1. The first kappa shape index (κ1) is 22.4. The van der Waals surface area contributed by atoms with Crippen LogP contribution in [0.15, 0.2) is 0 Å². The highest BCUT2D eigenvalue weighted by Gasteiger charge is 1.99. The second-order valence-corrected chi connectivity index (χ2v) is 6.46. The predicted molar refractivity (Wildman–Crippen MR) is 98.7 cm³/mol. The van der Waals surface area contributed by atoms with Crippen LogP contribution in [0.25, 0.3) is 0 Å². The lowest BCUT2D eigenvalue weighted by atomic mass is 10.1. The maximum Gasteiger partial charge on any atom is 0.220 e. The summed E-state index contributed by atoms with van der Waals surface area (Å²) in [5.41, 5.74) is 0. The molecule has 0 fully saturated rings.